The van der Waals surface area contributed by atoms with Crippen LogP contribution in [0.2, 0.25) is 0 Å². The fourth-order valence-corrected chi connectivity index (χ4v) is 3.75. The summed E-state index contributed by atoms with van der Waals surface area (Å²) in [5, 5.41) is 15.4. The van der Waals surface area contributed by atoms with E-state index in [0.29, 0.717) is 18.5 Å². The van der Waals surface area contributed by atoms with Crippen molar-refractivity contribution < 1.29 is 13.2 Å². The van der Waals surface area contributed by atoms with E-state index >= 15 is 0 Å². The maximum atomic E-state index is 12.3. The van der Waals surface area contributed by atoms with Gasteiger partial charge in [-0.25, -0.2) is 8.42 Å². The van der Waals surface area contributed by atoms with Crippen molar-refractivity contribution >= 4 is 21.4 Å². The predicted molar refractivity (Wildman–Crippen MR) is 97.0 cm³/mol. The SMILES string of the molecule is Cc1ccc(S(C)(=O)=O)cc1NCC(=O)NC1(C#N)CCCCCC1. The number of nitrogens with zero attached hydrogens (tertiary/aromatic N) is 1. The smallest absolute Gasteiger partial charge is 0.240 e. The van der Waals surface area contributed by atoms with E-state index in [2.05, 4.69) is 16.7 Å². The van der Waals surface area contributed by atoms with Gasteiger partial charge in [0, 0.05) is 11.9 Å². The van der Waals surface area contributed by atoms with Crippen LogP contribution in [-0.4, -0.2) is 32.7 Å². The summed E-state index contributed by atoms with van der Waals surface area (Å²) >= 11 is 0. The number of rotatable bonds is 5. The molecule has 0 radical (unpaired) electrons. The molecule has 1 fully saturated rings. The van der Waals surface area contributed by atoms with Crippen molar-refractivity contribution in [3.8, 4) is 6.07 Å². The minimum Gasteiger partial charge on any atom is -0.376 e. The molecular formula is C18H25N3O3S. The monoisotopic (exact) mass is 363 g/mol. The topological polar surface area (TPSA) is 99.1 Å². The van der Waals surface area contributed by atoms with Crippen LogP contribution in [-0.2, 0) is 14.6 Å². The van der Waals surface area contributed by atoms with Crippen molar-refractivity contribution in [2.24, 2.45) is 0 Å². The van der Waals surface area contributed by atoms with Gasteiger partial charge in [-0.05, 0) is 37.5 Å². The average molecular weight is 363 g/mol. The highest BCUT2D eigenvalue weighted by atomic mass is 32.2. The number of benzene rings is 1. The molecule has 25 heavy (non-hydrogen) atoms. The first-order valence-corrected chi connectivity index (χ1v) is 10.4. The van der Waals surface area contributed by atoms with Gasteiger partial charge in [-0.3, -0.25) is 4.79 Å². The normalized spacial score (nSPS) is 17.2. The van der Waals surface area contributed by atoms with Crippen molar-refractivity contribution in [2.75, 3.05) is 18.1 Å². The summed E-state index contributed by atoms with van der Waals surface area (Å²) in [6.07, 6.45) is 6.57. The van der Waals surface area contributed by atoms with E-state index in [4.69, 9.17) is 0 Å². The van der Waals surface area contributed by atoms with Crippen LogP contribution in [0.3, 0.4) is 0 Å². The number of nitrogens with one attached hydrogen (secondary N) is 2. The molecule has 0 aliphatic heterocycles. The predicted octanol–water partition coefficient (Wildman–Crippen LogP) is 2.54. The van der Waals surface area contributed by atoms with Gasteiger partial charge in [0.1, 0.15) is 5.54 Å². The molecule has 2 N–H and O–H groups in total. The Hall–Kier alpha value is -2.07. The van der Waals surface area contributed by atoms with Gasteiger partial charge in [-0.1, -0.05) is 31.7 Å². The first kappa shape index (κ1) is 19.3. The van der Waals surface area contributed by atoms with E-state index in [9.17, 15) is 18.5 Å². The van der Waals surface area contributed by atoms with Gasteiger partial charge in [0.15, 0.2) is 9.84 Å². The molecular weight excluding hydrogens is 338 g/mol. The largest absolute Gasteiger partial charge is 0.376 e. The molecule has 1 saturated carbocycles. The number of hydrogen-bond acceptors (Lipinski definition) is 5. The van der Waals surface area contributed by atoms with Crippen LogP contribution >= 0.6 is 0 Å². The second kappa shape index (κ2) is 7.87. The van der Waals surface area contributed by atoms with Crippen molar-refractivity contribution in [3.05, 3.63) is 23.8 Å². The third kappa shape index (κ3) is 5.20. The minimum absolute atomic E-state index is 0.00249. The lowest BCUT2D eigenvalue weighted by atomic mass is 9.92. The van der Waals surface area contributed by atoms with Crippen molar-refractivity contribution in [3.63, 3.8) is 0 Å². The number of carbonyl (C=O) groups is 1. The molecule has 1 aliphatic rings. The maximum absolute atomic E-state index is 12.3. The highest BCUT2D eigenvalue weighted by molar-refractivity contribution is 7.90. The molecule has 1 amide bonds. The second-order valence-corrected chi connectivity index (χ2v) is 8.77. The van der Waals surface area contributed by atoms with Crippen LogP contribution in [0.15, 0.2) is 23.1 Å². The fourth-order valence-electron chi connectivity index (χ4n) is 3.11. The van der Waals surface area contributed by atoms with E-state index in [-0.39, 0.29) is 17.3 Å². The zero-order chi connectivity index (χ0) is 18.5. The van der Waals surface area contributed by atoms with Gasteiger partial charge in [-0.2, -0.15) is 5.26 Å². The quantitative estimate of drug-likeness (QED) is 0.783. The number of sulfone groups is 1. The first-order valence-electron chi connectivity index (χ1n) is 8.53. The summed E-state index contributed by atoms with van der Waals surface area (Å²) in [4.78, 5) is 12.5. The molecule has 0 heterocycles. The number of amides is 1. The lowest BCUT2D eigenvalue weighted by Crippen LogP contribution is -2.49. The maximum Gasteiger partial charge on any atom is 0.240 e. The van der Waals surface area contributed by atoms with E-state index < -0.39 is 15.4 Å². The summed E-state index contributed by atoms with van der Waals surface area (Å²) in [6, 6.07) is 7.07. The summed E-state index contributed by atoms with van der Waals surface area (Å²) in [6.45, 7) is 1.84. The molecule has 6 nitrogen and oxygen atoms in total. The zero-order valence-electron chi connectivity index (χ0n) is 14.8. The van der Waals surface area contributed by atoms with Crippen molar-refractivity contribution in [1.29, 1.82) is 5.26 Å². The Bertz CT molecular complexity index is 773. The number of aryl methyl sites for hydroxylation is 1. The molecule has 1 aromatic rings. The Morgan fingerprint density at radius 1 is 1.24 bits per heavy atom. The van der Waals surface area contributed by atoms with E-state index in [1.165, 1.54) is 6.07 Å². The summed E-state index contributed by atoms with van der Waals surface area (Å²) < 4.78 is 23.3. The molecule has 0 unspecified atom stereocenters. The highest BCUT2D eigenvalue weighted by Gasteiger charge is 2.32. The van der Waals surface area contributed by atoms with Crippen LogP contribution in [0.1, 0.15) is 44.1 Å². The van der Waals surface area contributed by atoms with Crippen LogP contribution < -0.4 is 10.6 Å². The van der Waals surface area contributed by atoms with Crippen LogP contribution in [0.5, 0.6) is 0 Å². The van der Waals surface area contributed by atoms with Gasteiger partial charge in [0.25, 0.3) is 0 Å². The number of nitriles is 1. The first-order chi connectivity index (χ1) is 11.8. The second-order valence-electron chi connectivity index (χ2n) is 6.76. The van der Waals surface area contributed by atoms with Gasteiger partial charge >= 0.3 is 0 Å². The molecule has 0 aromatic heterocycles. The zero-order valence-corrected chi connectivity index (χ0v) is 15.6. The highest BCUT2D eigenvalue weighted by Crippen LogP contribution is 2.26. The number of anilines is 1. The van der Waals surface area contributed by atoms with Crippen molar-refractivity contribution in [2.45, 2.75) is 55.9 Å². The lowest BCUT2D eigenvalue weighted by molar-refractivity contribution is -0.120. The molecule has 0 saturated heterocycles. The Labute approximate surface area is 149 Å². The van der Waals surface area contributed by atoms with Gasteiger partial charge in [-0.15, -0.1) is 0 Å². The Balaban J connectivity index is 2.03. The third-order valence-corrected chi connectivity index (χ3v) is 5.74. The van der Waals surface area contributed by atoms with Crippen LogP contribution in [0.4, 0.5) is 5.69 Å². The summed E-state index contributed by atoms with van der Waals surface area (Å²) in [5.41, 5.74) is 0.674. The van der Waals surface area contributed by atoms with Crippen LogP contribution in [0, 0.1) is 18.3 Å². The van der Waals surface area contributed by atoms with Gasteiger partial charge in [0.2, 0.25) is 5.91 Å². The van der Waals surface area contributed by atoms with E-state index in [1.54, 1.807) is 12.1 Å². The molecule has 1 aromatic carbocycles. The van der Waals surface area contributed by atoms with Crippen LogP contribution in [0.25, 0.3) is 0 Å². The lowest BCUT2D eigenvalue weighted by Gasteiger charge is -2.26. The third-order valence-electron chi connectivity index (χ3n) is 4.63. The van der Waals surface area contributed by atoms with E-state index in [1.807, 2.05) is 6.92 Å². The molecule has 7 heteroatoms. The summed E-state index contributed by atoms with van der Waals surface area (Å²) in [7, 11) is -3.30. The van der Waals surface area contributed by atoms with Crippen molar-refractivity contribution in [1.82, 2.24) is 5.32 Å². The fraction of sp³-hybridized carbons (Fsp3) is 0.556. The number of carbonyl (C=O) groups excluding carboxylic acids is 1. The molecule has 2 rings (SSSR count). The summed E-state index contributed by atoms with van der Waals surface area (Å²) in [5.74, 6) is -0.257. The molecule has 0 spiro atoms. The molecule has 136 valence electrons. The molecule has 0 atom stereocenters. The molecule has 0 bridgehead atoms. The van der Waals surface area contributed by atoms with Gasteiger partial charge in [0.05, 0.1) is 17.5 Å². The Kier molecular flexibility index (Phi) is 6.07. The Morgan fingerprint density at radius 3 is 2.44 bits per heavy atom. The standard InChI is InChI=1S/C18H25N3O3S/c1-14-7-8-15(25(2,23)24)11-16(14)20-12-17(22)21-18(13-19)9-5-3-4-6-10-18/h7-8,11,20H,3-6,9-10,12H2,1-2H3,(H,21,22). The average Bonchev–Trinajstić information content (AvgIpc) is 2.79. The Morgan fingerprint density at radius 2 is 1.88 bits per heavy atom. The molecule has 1 aliphatic carbocycles. The van der Waals surface area contributed by atoms with E-state index in [0.717, 1.165) is 37.5 Å². The minimum atomic E-state index is -3.30. The number of hydrogen-bond donors (Lipinski definition) is 2. The van der Waals surface area contributed by atoms with Gasteiger partial charge < -0.3 is 10.6 Å².